The van der Waals surface area contributed by atoms with Crippen LogP contribution in [0.5, 0.6) is 0 Å². The van der Waals surface area contributed by atoms with Crippen molar-refractivity contribution < 1.29 is 4.92 Å². The maximum atomic E-state index is 11.0. The minimum absolute atomic E-state index is 0.00942. The molecule has 0 bridgehead atoms. The average molecular weight is 252 g/mol. The summed E-state index contributed by atoms with van der Waals surface area (Å²) < 4.78 is 1.46. The van der Waals surface area contributed by atoms with Gasteiger partial charge in [0, 0.05) is 17.5 Å². The molecule has 1 heterocycles. The monoisotopic (exact) mass is 251 g/mol. The van der Waals surface area contributed by atoms with Crippen LogP contribution in [0, 0.1) is 17.0 Å². The van der Waals surface area contributed by atoms with Crippen LogP contribution >= 0.6 is 11.6 Å². The van der Waals surface area contributed by atoms with Crippen LogP contribution in [0.3, 0.4) is 0 Å². The number of nitro groups is 1. The van der Waals surface area contributed by atoms with Gasteiger partial charge in [-0.1, -0.05) is 23.7 Å². The maximum Gasteiger partial charge on any atom is 0.350 e. The van der Waals surface area contributed by atoms with Gasteiger partial charge in [-0.2, -0.15) is 0 Å². The van der Waals surface area contributed by atoms with Gasteiger partial charge in [0.2, 0.25) is 0 Å². The van der Waals surface area contributed by atoms with E-state index >= 15 is 0 Å². The molecule has 0 amide bonds. The normalized spacial score (nSPS) is 10.5. The van der Waals surface area contributed by atoms with Crippen molar-refractivity contribution in [3.8, 4) is 11.3 Å². The Bertz CT molecular complexity index is 575. The molecule has 1 aromatic heterocycles. The van der Waals surface area contributed by atoms with Crippen LogP contribution in [-0.4, -0.2) is 14.5 Å². The van der Waals surface area contributed by atoms with Crippen molar-refractivity contribution in [2.45, 2.75) is 6.92 Å². The van der Waals surface area contributed by atoms with E-state index in [0.717, 1.165) is 0 Å². The molecule has 0 unspecified atom stereocenters. The van der Waals surface area contributed by atoms with E-state index in [1.807, 2.05) is 0 Å². The Kier molecular flexibility index (Phi) is 2.85. The second-order valence-electron chi connectivity index (χ2n) is 3.65. The zero-order valence-electron chi connectivity index (χ0n) is 9.35. The van der Waals surface area contributed by atoms with Crippen molar-refractivity contribution in [2.24, 2.45) is 7.05 Å². The molecular formula is C11H10ClN3O2. The van der Waals surface area contributed by atoms with Gasteiger partial charge in [0.1, 0.15) is 0 Å². The molecule has 0 aliphatic rings. The van der Waals surface area contributed by atoms with Crippen LogP contribution in [-0.2, 0) is 7.05 Å². The first-order valence-corrected chi connectivity index (χ1v) is 5.32. The predicted octanol–water partition coefficient (Wildman–Crippen LogP) is 2.96. The number of hydrogen-bond donors (Lipinski definition) is 0. The highest BCUT2D eigenvalue weighted by atomic mass is 35.5. The zero-order chi connectivity index (χ0) is 12.6. The van der Waals surface area contributed by atoms with E-state index in [4.69, 9.17) is 11.6 Å². The van der Waals surface area contributed by atoms with Crippen molar-refractivity contribution in [2.75, 3.05) is 0 Å². The third-order valence-corrected chi connectivity index (χ3v) is 2.83. The molecule has 0 spiro atoms. The fraction of sp³-hybridized carbons (Fsp3) is 0.182. The second-order valence-corrected chi connectivity index (χ2v) is 4.09. The molecule has 0 fully saturated rings. The largest absolute Gasteiger partial charge is 0.358 e. The first-order chi connectivity index (χ1) is 8.00. The van der Waals surface area contributed by atoms with E-state index in [-0.39, 0.29) is 5.82 Å². The Hall–Kier alpha value is -1.88. The van der Waals surface area contributed by atoms with Gasteiger partial charge in [-0.05, 0) is 17.1 Å². The number of imidazole rings is 1. The molecule has 0 aliphatic heterocycles. The standard InChI is InChI=1S/C11H10ClN3O2/c1-7-13-10(11(14(7)2)15(16)17)8-3-5-9(12)6-4-8/h3-6H,1-2H3. The van der Waals surface area contributed by atoms with Crippen molar-refractivity contribution in [3.63, 3.8) is 0 Å². The molecule has 0 radical (unpaired) electrons. The Balaban J connectivity index is 2.63. The summed E-state index contributed by atoms with van der Waals surface area (Å²) in [5.41, 5.74) is 1.05. The van der Waals surface area contributed by atoms with Crippen LogP contribution in [0.25, 0.3) is 11.3 Å². The Morgan fingerprint density at radius 3 is 2.47 bits per heavy atom. The van der Waals surface area contributed by atoms with E-state index in [0.29, 0.717) is 22.1 Å². The summed E-state index contributed by atoms with van der Waals surface area (Å²) in [4.78, 5) is 14.8. The molecular weight excluding hydrogens is 242 g/mol. The summed E-state index contributed by atoms with van der Waals surface area (Å²) in [6, 6.07) is 6.81. The Morgan fingerprint density at radius 1 is 1.35 bits per heavy atom. The van der Waals surface area contributed by atoms with Gasteiger partial charge in [0.15, 0.2) is 11.5 Å². The molecule has 17 heavy (non-hydrogen) atoms. The van der Waals surface area contributed by atoms with Crippen molar-refractivity contribution in [1.29, 1.82) is 0 Å². The smallest absolute Gasteiger partial charge is 0.350 e. The molecule has 2 rings (SSSR count). The van der Waals surface area contributed by atoms with E-state index in [2.05, 4.69) is 4.98 Å². The lowest BCUT2D eigenvalue weighted by atomic mass is 10.1. The maximum absolute atomic E-state index is 11.0. The SMILES string of the molecule is Cc1nc(-c2ccc(Cl)cc2)c([N+](=O)[O-])n1C. The number of nitrogens with zero attached hydrogens (tertiary/aromatic N) is 3. The van der Waals surface area contributed by atoms with Gasteiger partial charge < -0.3 is 10.1 Å². The lowest BCUT2D eigenvalue weighted by molar-refractivity contribution is -0.391. The van der Waals surface area contributed by atoms with Crippen LogP contribution in [0.15, 0.2) is 24.3 Å². The third-order valence-electron chi connectivity index (χ3n) is 2.58. The first-order valence-electron chi connectivity index (χ1n) is 4.94. The molecule has 6 heteroatoms. The fourth-order valence-electron chi connectivity index (χ4n) is 1.61. The van der Waals surface area contributed by atoms with Crippen LogP contribution < -0.4 is 0 Å². The highest BCUT2D eigenvalue weighted by Gasteiger charge is 2.23. The van der Waals surface area contributed by atoms with Gasteiger partial charge in [0.05, 0.1) is 7.05 Å². The van der Waals surface area contributed by atoms with E-state index in [1.54, 1.807) is 38.2 Å². The van der Waals surface area contributed by atoms with Crippen molar-refractivity contribution >= 4 is 17.4 Å². The number of aromatic nitrogens is 2. The average Bonchev–Trinajstić information content (AvgIpc) is 2.56. The lowest BCUT2D eigenvalue weighted by Gasteiger charge is -1.99. The van der Waals surface area contributed by atoms with Gasteiger partial charge in [0.25, 0.3) is 0 Å². The molecule has 0 atom stereocenters. The molecule has 0 saturated heterocycles. The molecule has 1 aromatic carbocycles. The Morgan fingerprint density at radius 2 is 1.94 bits per heavy atom. The van der Waals surface area contributed by atoms with E-state index in [9.17, 15) is 10.1 Å². The fourth-order valence-corrected chi connectivity index (χ4v) is 1.74. The molecule has 0 aliphatic carbocycles. The molecule has 0 saturated carbocycles. The van der Waals surface area contributed by atoms with E-state index in [1.165, 1.54) is 4.57 Å². The number of benzene rings is 1. The summed E-state index contributed by atoms with van der Waals surface area (Å²) in [5, 5.41) is 11.6. The van der Waals surface area contributed by atoms with Gasteiger partial charge >= 0.3 is 5.82 Å². The minimum Gasteiger partial charge on any atom is -0.358 e. The number of halogens is 1. The van der Waals surface area contributed by atoms with Crippen LogP contribution in [0.4, 0.5) is 5.82 Å². The summed E-state index contributed by atoms with van der Waals surface area (Å²) in [6.07, 6.45) is 0. The lowest BCUT2D eigenvalue weighted by Crippen LogP contribution is -1.99. The highest BCUT2D eigenvalue weighted by Crippen LogP contribution is 2.30. The summed E-state index contributed by atoms with van der Waals surface area (Å²) in [7, 11) is 1.62. The van der Waals surface area contributed by atoms with E-state index < -0.39 is 4.92 Å². The molecule has 0 N–H and O–H groups in total. The highest BCUT2D eigenvalue weighted by molar-refractivity contribution is 6.30. The number of rotatable bonds is 2. The second kappa shape index (κ2) is 4.18. The van der Waals surface area contributed by atoms with Crippen molar-refractivity contribution in [1.82, 2.24) is 9.55 Å². The summed E-state index contributed by atoms with van der Waals surface area (Å²) in [5.74, 6) is 0.589. The van der Waals surface area contributed by atoms with Gasteiger partial charge in [-0.15, -0.1) is 0 Å². The molecule has 5 nitrogen and oxygen atoms in total. The van der Waals surface area contributed by atoms with Gasteiger partial charge in [-0.25, -0.2) is 9.55 Å². The predicted molar refractivity (Wildman–Crippen MR) is 65.0 cm³/mol. The summed E-state index contributed by atoms with van der Waals surface area (Å²) >= 11 is 5.78. The Labute approximate surface area is 103 Å². The molecule has 88 valence electrons. The van der Waals surface area contributed by atoms with Crippen LogP contribution in [0.1, 0.15) is 5.82 Å². The quantitative estimate of drug-likeness (QED) is 0.609. The zero-order valence-corrected chi connectivity index (χ0v) is 10.1. The van der Waals surface area contributed by atoms with Gasteiger partial charge in [-0.3, -0.25) is 0 Å². The number of hydrogen-bond acceptors (Lipinski definition) is 3. The topological polar surface area (TPSA) is 61.0 Å². The summed E-state index contributed by atoms with van der Waals surface area (Å²) in [6.45, 7) is 1.73. The number of aryl methyl sites for hydroxylation is 1. The third kappa shape index (κ3) is 2.01. The van der Waals surface area contributed by atoms with Crippen LogP contribution in [0.2, 0.25) is 5.02 Å². The van der Waals surface area contributed by atoms with Crippen molar-refractivity contribution in [3.05, 3.63) is 45.2 Å². The molecule has 2 aromatic rings. The first kappa shape index (κ1) is 11.6. The minimum atomic E-state index is -0.427.